The Morgan fingerprint density at radius 1 is 1.27 bits per heavy atom. The van der Waals surface area contributed by atoms with Gasteiger partial charge >= 0.3 is 0 Å². The first kappa shape index (κ1) is 9.89. The number of rotatable bonds is 1. The Morgan fingerprint density at radius 2 is 1.93 bits per heavy atom. The van der Waals surface area contributed by atoms with E-state index in [9.17, 15) is 15.0 Å². The highest BCUT2D eigenvalue weighted by molar-refractivity contribution is 5.81. The van der Waals surface area contributed by atoms with E-state index in [1.54, 1.807) is 0 Å². The Morgan fingerprint density at radius 3 is 2.60 bits per heavy atom. The highest BCUT2D eigenvalue weighted by Crippen LogP contribution is 2.30. The minimum Gasteiger partial charge on any atom is -0.494 e. The van der Waals surface area contributed by atoms with E-state index >= 15 is 0 Å². The maximum atomic E-state index is 11.7. The standard InChI is InChI=1S/C10H14N2O3/c13-8-4-5-9(14)12(8)7-3-1-2-6-11-10(7)15/h4-5,7,13-14H,1-3,6H2,(H,11,15). The minimum atomic E-state index is -0.498. The molecule has 1 fully saturated rings. The highest BCUT2D eigenvalue weighted by atomic mass is 16.3. The van der Waals surface area contributed by atoms with Gasteiger partial charge in [-0.2, -0.15) is 0 Å². The van der Waals surface area contributed by atoms with E-state index in [-0.39, 0.29) is 17.7 Å². The SMILES string of the molecule is O=C1NCCCCC1n1c(O)ccc1O. The van der Waals surface area contributed by atoms with Crippen LogP contribution in [0.5, 0.6) is 11.8 Å². The lowest BCUT2D eigenvalue weighted by Crippen LogP contribution is -2.30. The molecule has 2 heterocycles. The third-order valence-corrected chi connectivity index (χ3v) is 2.69. The monoisotopic (exact) mass is 210 g/mol. The van der Waals surface area contributed by atoms with Gasteiger partial charge in [-0.1, -0.05) is 0 Å². The first-order valence-electron chi connectivity index (χ1n) is 5.07. The summed E-state index contributed by atoms with van der Waals surface area (Å²) in [4.78, 5) is 11.7. The lowest BCUT2D eigenvalue weighted by atomic mass is 10.1. The molecule has 0 aliphatic carbocycles. The van der Waals surface area contributed by atoms with Crippen molar-refractivity contribution in [3.05, 3.63) is 12.1 Å². The van der Waals surface area contributed by atoms with Gasteiger partial charge in [0.05, 0.1) is 0 Å². The van der Waals surface area contributed by atoms with Crippen LogP contribution in [0.2, 0.25) is 0 Å². The third kappa shape index (κ3) is 1.77. The molecular weight excluding hydrogens is 196 g/mol. The Balaban J connectivity index is 2.31. The number of hydrogen-bond donors (Lipinski definition) is 3. The topological polar surface area (TPSA) is 74.5 Å². The molecule has 82 valence electrons. The van der Waals surface area contributed by atoms with Crippen molar-refractivity contribution in [2.75, 3.05) is 6.54 Å². The molecule has 5 nitrogen and oxygen atoms in total. The van der Waals surface area contributed by atoms with E-state index in [0.29, 0.717) is 13.0 Å². The van der Waals surface area contributed by atoms with Crippen molar-refractivity contribution in [3.63, 3.8) is 0 Å². The predicted octanol–water partition coefficient (Wildman–Crippen LogP) is 0.740. The van der Waals surface area contributed by atoms with E-state index in [4.69, 9.17) is 0 Å². The summed E-state index contributed by atoms with van der Waals surface area (Å²) in [5, 5.41) is 21.8. The molecule has 2 rings (SSSR count). The molecule has 5 heteroatoms. The fourth-order valence-electron chi connectivity index (χ4n) is 1.92. The van der Waals surface area contributed by atoms with Crippen molar-refractivity contribution < 1.29 is 15.0 Å². The van der Waals surface area contributed by atoms with Crippen LogP contribution in [0.1, 0.15) is 25.3 Å². The summed E-state index contributed by atoms with van der Waals surface area (Å²) in [5.74, 6) is -0.293. The van der Waals surface area contributed by atoms with Crippen molar-refractivity contribution >= 4 is 5.91 Å². The number of hydrogen-bond acceptors (Lipinski definition) is 3. The van der Waals surface area contributed by atoms with Crippen molar-refractivity contribution in [3.8, 4) is 11.8 Å². The summed E-state index contributed by atoms with van der Waals surface area (Å²) in [6, 6.07) is 2.27. The minimum absolute atomic E-state index is 0.0745. The summed E-state index contributed by atoms with van der Waals surface area (Å²) >= 11 is 0. The lowest BCUT2D eigenvalue weighted by Gasteiger charge is -2.16. The molecule has 1 amide bonds. The van der Waals surface area contributed by atoms with Crippen molar-refractivity contribution in [2.45, 2.75) is 25.3 Å². The van der Waals surface area contributed by atoms with Crippen LogP contribution < -0.4 is 5.32 Å². The Bertz CT molecular complexity index is 353. The van der Waals surface area contributed by atoms with Gasteiger partial charge in [0.25, 0.3) is 0 Å². The maximum absolute atomic E-state index is 11.7. The molecule has 1 aliphatic heterocycles. The zero-order valence-corrected chi connectivity index (χ0v) is 8.31. The molecule has 1 atom stereocenters. The Labute approximate surface area is 87.3 Å². The van der Waals surface area contributed by atoms with Crippen molar-refractivity contribution in [2.24, 2.45) is 0 Å². The second kappa shape index (κ2) is 3.84. The molecule has 1 aromatic rings. The van der Waals surface area contributed by atoms with Gasteiger partial charge in [0.15, 0.2) is 11.8 Å². The Hall–Kier alpha value is -1.65. The van der Waals surface area contributed by atoms with Crippen LogP contribution in [0.25, 0.3) is 0 Å². The maximum Gasteiger partial charge on any atom is 0.243 e. The van der Waals surface area contributed by atoms with Crippen molar-refractivity contribution in [1.29, 1.82) is 0 Å². The van der Waals surface area contributed by atoms with E-state index in [1.807, 2.05) is 0 Å². The summed E-state index contributed by atoms with van der Waals surface area (Å²) in [6.07, 6.45) is 2.48. The first-order valence-corrected chi connectivity index (χ1v) is 5.07. The molecule has 1 unspecified atom stereocenters. The molecule has 1 aliphatic rings. The van der Waals surface area contributed by atoms with Gasteiger partial charge in [-0.3, -0.25) is 9.36 Å². The number of nitrogens with zero attached hydrogens (tertiary/aromatic N) is 1. The quantitative estimate of drug-likeness (QED) is 0.640. The van der Waals surface area contributed by atoms with Crippen LogP contribution in [0.15, 0.2) is 12.1 Å². The fraction of sp³-hybridized carbons (Fsp3) is 0.500. The molecule has 0 radical (unpaired) electrons. The zero-order chi connectivity index (χ0) is 10.8. The summed E-state index contributed by atoms with van der Waals surface area (Å²) in [5.41, 5.74) is 0. The van der Waals surface area contributed by atoms with Gasteiger partial charge in [-0.25, -0.2) is 0 Å². The van der Waals surface area contributed by atoms with Gasteiger partial charge in [0.1, 0.15) is 6.04 Å². The van der Waals surface area contributed by atoms with Crippen LogP contribution in [0, 0.1) is 0 Å². The molecule has 0 bridgehead atoms. The summed E-state index contributed by atoms with van der Waals surface area (Å²) in [6.45, 7) is 0.665. The fourth-order valence-corrected chi connectivity index (χ4v) is 1.92. The van der Waals surface area contributed by atoms with Crippen LogP contribution in [-0.4, -0.2) is 27.2 Å². The second-order valence-electron chi connectivity index (χ2n) is 3.72. The molecule has 3 N–H and O–H groups in total. The van der Waals surface area contributed by atoms with Gasteiger partial charge in [0.2, 0.25) is 5.91 Å². The molecule has 0 saturated carbocycles. The number of nitrogens with one attached hydrogen (secondary N) is 1. The highest BCUT2D eigenvalue weighted by Gasteiger charge is 2.25. The van der Waals surface area contributed by atoms with E-state index < -0.39 is 6.04 Å². The molecule has 0 aromatic carbocycles. The summed E-state index contributed by atoms with van der Waals surface area (Å²) < 4.78 is 1.26. The number of amides is 1. The third-order valence-electron chi connectivity index (χ3n) is 2.69. The molecule has 15 heavy (non-hydrogen) atoms. The molecule has 1 saturated heterocycles. The normalized spacial score (nSPS) is 22.1. The van der Waals surface area contributed by atoms with Gasteiger partial charge in [-0.05, 0) is 19.3 Å². The van der Waals surface area contributed by atoms with E-state index in [1.165, 1.54) is 16.7 Å². The largest absolute Gasteiger partial charge is 0.494 e. The average Bonchev–Trinajstić information content (AvgIpc) is 2.42. The second-order valence-corrected chi connectivity index (χ2v) is 3.72. The Kier molecular flexibility index (Phi) is 2.53. The van der Waals surface area contributed by atoms with E-state index in [2.05, 4.69) is 5.32 Å². The predicted molar refractivity (Wildman–Crippen MR) is 53.7 cm³/mol. The average molecular weight is 210 g/mol. The molecular formula is C10H14N2O3. The zero-order valence-electron chi connectivity index (χ0n) is 8.31. The number of carbonyl (C=O) groups excluding carboxylic acids is 1. The lowest BCUT2D eigenvalue weighted by molar-refractivity contribution is -0.124. The molecule has 0 spiro atoms. The van der Waals surface area contributed by atoms with Gasteiger partial charge in [-0.15, -0.1) is 0 Å². The number of aromatic nitrogens is 1. The first-order chi connectivity index (χ1) is 7.20. The van der Waals surface area contributed by atoms with Crippen molar-refractivity contribution in [1.82, 2.24) is 9.88 Å². The van der Waals surface area contributed by atoms with Crippen LogP contribution in [0.3, 0.4) is 0 Å². The smallest absolute Gasteiger partial charge is 0.243 e. The van der Waals surface area contributed by atoms with Crippen LogP contribution in [-0.2, 0) is 4.79 Å². The number of carbonyl (C=O) groups is 1. The molecule has 1 aromatic heterocycles. The van der Waals surface area contributed by atoms with Crippen LogP contribution >= 0.6 is 0 Å². The van der Waals surface area contributed by atoms with Gasteiger partial charge < -0.3 is 15.5 Å². The number of aromatic hydroxyl groups is 2. The van der Waals surface area contributed by atoms with Gasteiger partial charge in [0, 0.05) is 18.7 Å². The van der Waals surface area contributed by atoms with Crippen LogP contribution in [0.4, 0.5) is 0 Å². The summed E-state index contributed by atoms with van der Waals surface area (Å²) in [7, 11) is 0. The van der Waals surface area contributed by atoms with E-state index in [0.717, 1.165) is 12.8 Å².